The highest BCUT2D eigenvalue weighted by Gasteiger charge is 2.46. The average Bonchev–Trinajstić information content (AvgIpc) is 2.27. The topological polar surface area (TPSA) is 58.6 Å². The summed E-state index contributed by atoms with van der Waals surface area (Å²) < 4.78 is 5.49. The number of hydrogen-bond donors (Lipinski definition) is 1. The van der Waals surface area contributed by atoms with Crippen molar-refractivity contribution in [1.29, 1.82) is 0 Å². The second kappa shape index (κ2) is 5.90. The first kappa shape index (κ1) is 16.0. The molecule has 1 atom stereocenters. The number of nitrogens with zero attached hydrogens (tertiary/aromatic N) is 1. The monoisotopic (exact) mass is 270 g/mol. The van der Waals surface area contributed by atoms with Gasteiger partial charge in [0.2, 0.25) is 11.8 Å². The molecule has 5 heteroatoms. The molecule has 2 amide bonds. The van der Waals surface area contributed by atoms with E-state index in [2.05, 4.69) is 5.32 Å². The zero-order valence-electron chi connectivity index (χ0n) is 12.8. The van der Waals surface area contributed by atoms with Gasteiger partial charge in [0.05, 0.1) is 12.7 Å². The van der Waals surface area contributed by atoms with Crippen LogP contribution in [-0.2, 0) is 14.3 Å². The zero-order valence-corrected chi connectivity index (χ0v) is 12.8. The number of amides is 2. The van der Waals surface area contributed by atoms with Crippen molar-refractivity contribution in [3.05, 3.63) is 0 Å². The van der Waals surface area contributed by atoms with Crippen molar-refractivity contribution >= 4 is 11.8 Å². The van der Waals surface area contributed by atoms with Gasteiger partial charge in [-0.05, 0) is 33.6 Å². The van der Waals surface area contributed by atoms with Gasteiger partial charge in [-0.15, -0.1) is 0 Å². The van der Waals surface area contributed by atoms with Gasteiger partial charge in [-0.2, -0.15) is 0 Å². The van der Waals surface area contributed by atoms with E-state index in [-0.39, 0.29) is 23.8 Å². The SMILES string of the molecule is CC(C)OCCN1C(=O)C(C(C)C)NC(=O)C1(C)C. The molecule has 1 unspecified atom stereocenters. The predicted molar refractivity (Wildman–Crippen MR) is 73.6 cm³/mol. The number of carbonyl (C=O) groups excluding carboxylic acids is 2. The lowest BCUT2D eigenvalue weighted by atomic mass is 9.91. The van der Waals surface area contributed by atoms with Crippen LogP contribution in [0.15, 0.2) is 0 Å². The molecule has 0 bridgehead atoms. The minimum Gasteiger partial charge on any atom is -0.377 e. The van der Waals surface area contributed by atoms with E-state index in [1.807, 2.05) is 27.7 Å². The first-order valence-corrected chi connectivity index (χ1v) is 6.92. The number of carbonyl (C=O) groups is 2. The van der Waals surface area contributed by atoms with E-state index in [0.717, 1.165) is 0 Å². The third-order valence-electron chi connectivity index (χ3n) is 3.48. The molecule has 1 N–H and O–H groups in total. The van der Waals surface area contributed by atoms with E-state index in [1.165, 1.54) is 0 Å². The van der Waals surface area contributed by atoms with Gasteiger partial charge in [0.1, 0.15) is 11.6 Å². The fraction of sp³-hybridized carbons (Fsp3) is 0.857. The summed E-state index contributed by atoms with van der Waals surface area (Å²) in [5.41, 5.74) is -0.817. The van der Waals surface area contributed by atoms with Crippen LogP contribution in [0.5, 0.6) is 0 Å². The molecule has 0 aromatic rings. The fourth-order valence-electron chi connectivity index (χ4n) is 2.17. The summed E-state index contributed by atoms with van der Waals surface area (Å²) in [7, 11) is 0. The Kier molecular flexibility index (Phi) is 4.96. The average molecular weight is 270 g/mol. The maximum Gasteiger partial charge on any atom is 0.246 e. The lowest BCUT2D eigenvalue weighted by Crippen LogP contribution is -2.69. The van der Waals surface area contributed by atoms with Gasteiger partial charge in [0, 0.05) is 6.54 Å². The number of rotatable bonds is 5. The molecule has 19 heavy (non-hydrogen) atoms. The van der Waals surface area contributed by atoms with Gasteiger partial charge in [-0.1, -0.05) is 13.8 Å². The molecule has 0 spiro atoms. The Bertz CT molecular complexity index is 351. The van der Waals surface area contributed by atoms with Crippen molar-refractivity contribution in [2.75, 3.05) is 13.2 Å². The van der Waals surface area contributed by atoms with Crippen molar-refractivity contribution in [3.8, 4) is 0 Å². The lowest BCUT2D eigenvalue weighted by molar-refractivity contribution is -0.157. The van der Waals surface area contributed by atoms with Crippen molar-refractivity contribution in [3.63, 3.8) is 0 Å². The quantitative estimate of drug-likeness (QED) is 0.816. The summed E-state index contributed by atoms with van der Waals surface area (Å²) in [6.45, 7) is 12.2. The number of nitrogens with one attached hydrogen (secondary N) is 1. The van der Waals surface area contributed by atoms with E-state index in [1.54, 1.807) is 18.7 Å². The molecular formula is C14H26N2O3. The van der Waals surface area contributed by atoms with E-state index >= 15 is 0 Å². The lowest BCUT2D eigenvalue weighted by Gasteiger charge is -2.45. The Morgan fingerprint density at radius 2 is 1.84 bits per heavy atom. The normalized spacial score (nSPS) is 23.2. The van der Waals surface area contributed by atoms with Gasteiger partial charge in [-0.3, -0.25) is 9.59 Å². The number of hydrogen-bond acceptors (Lipinski definition) is 3. The molecule has 0 radical (unpaired) electrons. The molecule has 1 heterocycles. The summed E-state index contributed by atoms with van der Waals surface area (Å²) in [6, 6.07) is -0.431. The smallest absolute Gasteiger partial charge is 0.246 e. The number of ether oxygens (including phenoxy) is 1. The van der Waals surface area contributed by atoms with Crippen molar-refractivity contribution in [1.82, 2.24) is 10.2 Å². The van der Waals surface area contributed by atoms with Gasteiger partial charge in [0.25, 0.3) is 0 Å². The Hall–Kier alpha value is -1.10. The van der Waals surface area contributed by atoms with Crippen LogP contribution in [0.25, 0.3) is 0 Å². The van der Waals surface area contributed by atoms with E-state index in [4.69, 9.17) is 4.74 Å². The first-order valence-electron chi connectivity index (χ1n) is 6.92. The van der Waals surface area contributed by atoms with Crippen LogP contribution in [0.2, 0.25) is 0 Å². The Morgan fingerprint density at radius 1 is 1.26 bits per heavy atom. The summed E-state index contributed by atoms with van der Waals surface area (Å²) in [6.07, 6.45) is 0.123. The van der Waals surface area contributed by atoms with Gasteiger partial charge in [0.15, 0.2) is 0 Å². The zero-order chi connectivity index (χ0) is 14.8. The first-order chi connectivity index (χ1) is 8.67. The summed E-state index contributed by atoms with van der Waals surface area (Å²) >= 11 is 0. The largest absolute Gasteiger partial charge is 0.377 e. The molecule has 0 aromatic carbocycles. The molecule has 0 aromatic heterocycles. The van der Waals surface area contributed by atoms with Crippen LogP contribution < -0.4 is 5.32 Å². The Morgan fingerprint density at radius 3 is 2.32 bits per heavy atom. The highest BCUT2D eigenvalue weighted by atomic mass is 16.5. The van der Waals surface area contributed by atoms with Crippen LogP contribution in [0.4, 0.5) is 0 Å². The molecule has 1 rings (SSSR count). The molecule has 0 saturated carbocycles. The van der Waals surface area contributed by atoms with Crippen molar-refractivity contribution in [2.45, 2.75) is 59.2 Å². The van der Waals surface area contributed by atoms with Crippen molar-refractivity contribution in [2.24, 2.45) is 5.92 Å². The van der Waals surface area contributed by atoms with Crippen LogP contribution in [0.3, 0.4) is 0 Å². The minimum absolute atomic E-state index is 0.0213. The Balaban J connectivity index is 2.82. The third kappa shape index (κ3) is 3.47. The molecule has 1 aliphatic rings. The number of piperazine rings is 1. The second-order valence-corrected chi connectivity index (χ2v) is 6.16. The van der Waals surface area contributed by atoms with E-state index in [0.29, 0.717) is 13.2 Å². The Labute approximate surface area is 115 Å². The summed E-state index contributed by atoms with van der Waals surface area (Å²) in [4.78, 5) is 26.2. The molecule has 0 aliphatic carbocycles. The van der Waals surface area contributed by atoms with E-state index < -0.39 is 11.6 Å². The fourth-order valence-corrected chi connectivity index (χ4v) is 2.17. The molecule has 1 fully saturated rings. The minimum atomic E-state index is -0.817. The molecule has 5 nitrogen and oxygen atoms in total. The molecule has 1 aliphatic heterocycles. The molecule has 110 valence electrons. The van der Waals surface area contributed by atoms with Crippen LogP contribution in [-0.4, -0.2) is 47.6 Å². The summed E-state index contributed by atoms with van der Waals surface area (Å²) in [5, 5.41) is 2.81. The maximum atomic E-state index is 12.5. The standard InChI is InChI=1S/C14H26N2O3/c1-9(2)11-12(17)16(7-8-19-10(3)4)14(5,6)13(18)15-11/h9-11H,7-8H2,1-6H3,(H,15,18). The predicted octanol–water partition coefficient (Wildman–Crippen LogP) is 1.17. The van der Waals surface area contributed by atoms with Crippen LogP contribution in [0.1, 0.15) is 41.5 Å². The third-order valence-corrected chi connectivity index (χ3v) is 3.48. The molecular weight excluding hydrogens is 244 g/mol. The van der Waals surface area contributed by atoms with Gasteiger partial charge < -0.3 is 15.0 Å². The maximum absolute atomic E-state index is 12.5. The highest BCUT2D eigenvalue weighted by Crippen LogP contribution is 2.23. The van der Waals surface area contributed by atoms with Crippen molar-refractivity contribution < 1.29 is 14.3 Å². The van der Waals surface area contributed by atoms with Crippen LogP contribution >= 0.6 is 0 Å². The highest BCUT2D eigenvalue weighted by molar-refractivity contribution is 5.99. The molecule has 1 saturated heterocycles. The van der Waals surface area contributed by atoms with Crippen LogP contribution in [0, 0.1) is 5.92 Å². The van der Waals surface area contributed by atoms with Gasteiger partial charge in [-0.25, -0.2) is 0 Å². The summed E-state index contributed by atoms with van der Waals surface area (Å²) in [5.74, 6) is -0.0385. The second-order valence-electron chi connectivity index (χ2n) is 6.16. The van der Waals surface area contributed by atoms with Gasteiger partial charge >= 0.3 is 0 Å². The van der Waals surface area contributed by atoms with E-state index in [9.17, 15) is 9.59 Å².